The molecule has 0 bridgehead atoms. The Bertz CT molecular complexity index is 897. The van der Waals surface area contributed by atoms with Gasteiger partial charge in [-0.25, -0.2) is 14.4 Å². The molecule has 3 aromatic rings. The van der Waals surface area contributed by atoms with E-state index >= 15 is 0 Å². The first kappa shape index (κ1) is 15.3. The molecule has 0 radical (unpaired) electrons. The molecule has 1 saturated heterocycles. The molecule has 1 aliphatic heterocycles. The van der Waals surface area contributed by atoms with Crippen molar-refractivity contribution < 1.29 is 13.9 Å². The van der Waals surface area contributed by atoms with Crippen LogP contribution < -0.4 is 4.74 Å². The second kappa shape index (κ2) is 6.34. The predicted molar refractivity (Wildman–Crippen MR) is 89.8 cm³/mol. The Labute approximate surface area is 143 Å². The van der Waals surface area contributed by atoms with Crippen LogP contribution in [-0.2, 0) is 4.74 Å². The summed E-state index contributed by atoms with van der Waals surface area (Å²) in [5.74, 6) is 0.779. The molecule has 2 aromatic carbocycles. The minimum Gasteiger partial charge on any atom is -0.488 e. The molecule has 122 valence electrons. The van der Waals surface area contributed by atoms with Gasteiger partial charge in [-0.05, 0) is 30.3 Å². The zero-order chi connectivity index (χ0) is 16.5. The lowest BCUT2D eigenvalue weighted by Crippen LogP contribution is -2.15. The third kappa shape index (κ3) is 3.05. The molecule has 6 heteroatoms. The van der Waals surface area contributed by atoms with Crippen molar-refractivity contribution in [3.05, 3.63) is 53.4 Å². The third-order valence-corrected chi connectivity index (χ3v) is 4.21. The van der Waals surface area contributed by atoms with Crippen LogP contribution in [0.3, 0.4) is 0 Å². The van der Waals surface area contributed by atoms with Crippen LogP contribution in [0.4, 0.5) is 4.39 Å². The number of rotatable bonds is 3. The van der Waals surface area contributed by atoms with E-state index in [0.717, 1.165) is 29.7 Å². The number of hydrogen-bond acceptors (Lipinski definition) is 4. The standard InChI is InChI=1S/C18H14ClFN2O2/c19-15-7-11(2-4-16(15)20)18-21-9-12-1-3-13(8-17(12)22-18)24-14-5-6-23-10-14/h1-4,7-9,14H,5-6,10H2. The monoisotopic (exact) mass is 344 g/mol. The van der Waals surface area contributed by atoms with Gasteiger partial charge in [-0.15, -0.1) is 0 Å². The maximum atomic E-state index is 13.3. The van der Waals surface area contributed by atoms with E-state index in [1.807, 2.05) is 18.2 Å². The van der Waals surface area contributed by atoms with Crippen LogP contribution in [0, 0.1) is 5.82 Å². The molecule has 0 amide bonds. The van der Waals surface area contributed by atoms with Crippen molar-refractivity contribution in [3.63, 3.8) is 0 Å². The number of ether oxygens (including phenoxy) is 2. The number of halogens is 2. The molecular formula is C18H14ClFN2O2. The molecule has 0 N–H and O–H groups in total. The second-order valence-corrected chi connectivity index (χ2v) is 6.05. The van der Waals surface area contributed by atoms with Gasteiger partial charge < -0.3 is 9.47 Å². The Morgan fingerprint density at radius 1 is 1.21 bits per heavy atom. The van der Waals surface area contributed by atoms with E-state index in [1.54, 1.807) is 12.3 Å². The molecule has 1 aliphatic rings. The summed E-state index contributed by atoms with van der Waals surface area (Å²) in [6, 6.07) is 10.1. The van der Waals surface area contributed by atoms with Crippen molar-refractivity contribution in [1.29, 1.82) is 0 Å². The van der Waals surface area contributed by atoms with Crippen molar-refractivity contribution in [1.82, 2.24) is 9.97 Å². The number of nitrogens with zero attached hydrogens (tertiary/aromatic N) is 2. The smallest absolute Gasteiger partial charge is 0.159 e. The lowest BCUT2D eigenvalue weighted by Gasteiger charge is -2.12. The highest BCUT2D eigenvalue weighted by molar-refractivity contribution is 6.31. The van der Waals surface area contributed by atoms with Crippen LogP contribution in [0.1, 0.15) is 6.42 Å². The SMILES string of the molecule is Fc1ccc(-c2ncc3ccc(OC4CCOC4)cc3n2)cc1Cl. The van der Waals surface area contributed by atoms with Crippen LogP contribution in [-0.4, -0.2) is 29.3 Å². The molecule has 0 aliphatic carbocycles. The van der Waals surface area contributed by atoms with Gasteiger partial charge in [-0.1, -0.05) is 11.6 Å². The van der Waals surface area contributed by atoms with E-state index in [-0.39, 0.29) is 11.1 Å². The highest BCUT2D eigenvalue weighted by atomic mass is 35.5. The summed E-state index contributed by atoms with van der Waals surface area (Å²) < 4.78 is 24.5. The average Bonchev–Trinajstić information content (AvgIpc) is 3.10. The molecule has 0 saturated carbocycles. The lowest BCUT2D eigenvalue weighted by molar-refractivity contribution is 0.141. The fraction of sp³-hybridized carbons (Fsp3) is 0.222. The van der Waals surface area contributed by atoms with Gasteiger partial charge in [0.25, 0.3) is 0 Å². The molecule has 4 rings (SSSR count). The van der Waals surface area contributed by atoms with E-state index in [1.165, 1.54) is 12.1 Å². The van der Waals surface area contributed by atoms with Gasteiger partial charge in [-0.2, -0.15) is 0 Å². The fourth-order valence-electron chi connectivity index (χ4n) is 2.65. The Kier molecular flexibility index (Phi) is 4.04. The quantitative estimate of drug-likeness (QED) is 0.712. The summed E-state index contributed by atoms with van der Waals surface area (Å²) in [4.78, 5) is 8.88. The molecule has 2 heterocycles. The largest absolute Gasteiger partial charge is 0.488 e. The summed E-state index contributed by atoms with van der Waals surface area (Å²) in [5.41, 5.74) is 1.43. The summed E-state index contributed by atoms with van der Waals surface area (Å²) in [6.07, 6.45) is 2.71. The van der Waals surface area contributed by atoms with Crippen molar-refractivity contribution in [3.8, 4) is 17.1 Å². The van der Waals surface area contributed by atoms with Gasteiger partial charge in [0.05, 0.1) is 23.8 Å². The van der Waals surface area contributed by atoms with Crippen molar-refractivity contribution in [2.24, 2.45) is 0 Å². The molecular weight excluding hydrogens is 331 g/mol. The minimum atomic E-state index is -0.462. The molecule has 0 spiro atoms. The molecule has 24 heavy (non-hydrogen) atoms. The maximum absolute atomic E-state index is 13.3. The first-order chi connectivity index (χ1) is 11.7. The average molecular weight is 345 g/mol. The first-order valence-corrected chi connectivity index (χ1v) is 8.03. The first-order valence-electron chi connectivity index (χ1n) is 7.66. The zero-order valence-corrected chi connectivity index (χ0v) is 13.5. The highest BCUT2D eigenvalue weighted by Gasteiger charge is 2.17. The van der Waals surface area contributed by atoms with Crippen molar-refractivity contribution in [2.45, 2.75) is 12.5 Å². The third-order valence-electron chi connectivity index (χ3n) is 3.92. The number of aromatic nitrogens is 2. The van der Waals surface area contributed by atoms with Crippen LogP contribution in [0.5, 0.6) is 5.75 Å². The van der Waals surface area contributed by atoms with Gasteiger partial charge in [0, 0.05) is 29.6 Å². The van der Waals surface area contributed by atoms with Crippen LogP contribution >= 0.6 is 11.6 Å². The minimum absolute atomic E-state index is 0.0505. The summed E-state index contributed by atoms with van der Waals surface area (Å²) >= 11 is 5.84. The van der Waals surface area contributed by atoms with Gasteiger partial charge in [-0.3, -0.25) is 0 Å². The maximum Gasteiger partial charge on any atom is 0.159 e. The van der Waals surface area contributed by atoms with Crippen LogP contribution in [0.25, 0.3) is 22.3 Å². The van der Waals surface area contributed by atoms with Crippen LogP contribution in [0.2, 0.25) is 5.02 Å². The molecule has 1 fully saturated rings. The van der Waals surface area contributed by atoms with Gasteiger partial charge in [0.15, 0.2) is 5.82 Å². The number of fused-ring (bicyclic) bond motifs is 1. The summed E-state index contributed by atoms with van der Waals surface area (Å²) in [7, 11) is 0. The predicted octanol–water partition coefficient (Wildman–Crippen LogP) is 4.26. The molecule has 4 nitrogen and oxygen atoms in total. The van der Waals surface area contributed by atoms with Crippen LogP contribution in [0.15, 0.2) is 42.6 Å². The second-order valence-electron chi connectivity index (χ2n) is 5.65. The Morgan fingerprint density at radius 3 is 2.92 bits per heavy atom. The summed E-state index contributed by atoms with van der Waals surface area (Å²) in [5, 5.41) is 0.955. The van der Waals surface area contributed by atoms with Gasteiger partial charge >= 0.3 is 0 Å². The summed E-state index contributed by atoms with van der Waals surface area (Å²) in [6.45, 7) is 1.34. The Morgan fingerprint density at radius 2 is 2.12 bits per heavy atom. The topological polar surface area (TPSA) is 44.2 Å². The molecule has 1 unspecified atom stereocenters. The van der Waals surface area contributed by atoms with Gasteiger partial charge in [0.1, 0.15) is 17.7 Å². The van der Waals surface area contributed by atoms with E-state index in [9.17, 15) is 4.39 Å². The Hall–Kier alpha value is -2.24. The van der Waals surface area contributed by atoms with Crippen molar-refractivity contribution >= 4 is 22.5 Å². The normalized spacial score (nSPS) is 17.3. The molecule has 1 atom stereocenters. The van der Waals surface area contributed by atoms with E-state index in [4.69, 9.17) is 21.1 Å². The fourth-order valence-corrected chi connectivity index (χ4v) is 2.83. The number of benzene rings is 2. The number of hydrogen-bond donors (Lipinski definition) is 0. The van der Waals surface area contributed by atoms with E-state index < -0.39 is 5.82 Å². The lowest BCUT2D eigenvalue weighted by atomic mass is 10.2. The highest BCUT2D eigenvalue weighted by Crippen LogP contribution is 2.26. The Balaban J connectivity index is 1.68. The zero-order valence-electron chi connectivity index (χ0n) is 12.7. The van der Waals surface area contributed by atoms with Gasteiger partial charge in [0.2, 0.25) is 0 Å². The molecule has 1 aromatic heterocycles. The van der Waals surface area contributed by atoms with E-state index in [2.05, 4.69) is 9.97 Å². The van der Waals surface area contributed by atoms with Crippen molar-refractivity contribution in [2.75, 3.05) is 13.2 Å². The van der Waals surface area contributed by atoms with E-state index in [0.29, 0.717) is 18.0 Å².